The first kappa shape index (κ1) is 24.5. The van der Waals surface area contributed by atoms with Gasteiger partial charge in [0.1, 0.15) is 6.04 Å². The molecule has 7 nitrogen and oxygen atoms in total. The first-order valence-electron chi connectivity index (χ1n) is 11.6. The van der Waals surface area contributed by atoms with Crippen molar-refractivity contribution in [2.24, 2.45) is 5.73 Å². The molecule has 4 N–H and O–H groups in total. The fraction of sp³-hybridized carbons (Fsp3) is 0.423. The number of hydrogen-bond donors (Lipinski definition) is 3. The molecule has 7 heteroatoms. The van der Waals surface area contributed by atoms with E-state index in [1.807, 2.05) is 42.5 Å². The number of benzene rings is 2. The highest BCUT2D eigenvalue weighted by molar-refractivity contribution is 5.96. The van der Waals surface area contributed by atoms with Crippen LogP contribution >= 0.6 is 0 Å². The summed E-state index contributed by atoms with van der Waals surface area (Å²) in [5.74, 6) is -0.226. The van der Waals surface area contributed by atoms with Gasteiger partial charge >= 0.3 is 0 Å². The summed E-state index contributed by atoms with van der Waals surface area (Å²) in [7, 11) is 0. The molecule has 1 fully saturated rings. The lowest BCUT2D eigenvalue weighted by atomic mass is 10.0. The molecular weight excluding hydrogens is 416 g/mol. The van der Waals surface area contributed by atoms with E-state index in [9.17, 15) is 14.4 Å². The van der Waals surface area contributed by atoms with Gasteiger partial charge in [-0.1, -0.05) is 50.2 Å². The molecule has 1 heterocycles. The summed E-state index contributed by atoms with van der Waals surface area (Å²) in [4.78, 5) is 39.8. The van der Waals surface area contributed by atoms with Gasteiger partial charge in [-0.25, -0.2) is 0 Å². The third-order valence-electron chi connectivity index (χ3n) is 5.91. The van der Waals surface area contributed by atoms with E-state index in [1.54, 1.807) is 6.07 Å². The average Bonchev–Trinajstić information content (AvgIpc) is 2.95. The van der Waals surface area contributed by atoms with Gasteiger partial charge in [0.2, 0.25) is 17.7 Å². The molecular formula is C26H34N4O3. The van der Waals surface area contributed by atoms with Crippen molar-refractivity contribution in [2.75, 3.05) is 18.4 Å². The van der Waals surface area contributed by atoms with Crippen LogP contribution in [-0.2, 0) is 27.3 Å². The van der Waals surface area contributed by atoms with Crippen molar-refractivity contribution < 1.29 is 14.4 Å². The number of likely N-dealkylation sites (tertiary alicyclic amines) is 1. The van der Waals surface area contributed by atoms with E-state index in [2.05, 4.69) is 24.5 Å². The van der Waals surface area contributed by atoms with Gasteiger partial charge in [-0.15, -0.1) is 0 Å². The lowest BCUT2D eigenvalue weighted by Gasteiger charge is -2.24. The van der Waals surface area contributed by atoms with Crippen LogP contribution in [-0.4, -0.2) is 41.8 Å². The van der Waals surface area contributed by atoms with Gasteiger partial charge in [-0.3, -0.25) is 14.4 Å². The van der Waals surface area contributed by atoms with Gasteiger partial charge in [0.15, 0.2) is 0 Å². The number of rotatable bonds is 8. The molecule has 2 aromatic carbocycles. The summed E-state index contributed by atoms with van der Waals surface area (Å²) in [6.07, 6.45) is 2.41. The zero-order valence-corrected chi connectivity index (χ0v) is 19.5. The van der Waals surface area contributed by atoms with Gasteiger partial charge in [0, 0.05) is 18.8 Å². The van der Waals surface area contributed by atoms with Crippen molar-refractivity contribution in [1.82, 2.24) is 10.2 Å². The van der Waals surface area contributed by atoms with E-state index in [4.69, 9.17) is 5.73 Å². The fourth-order valence-corrected chi connectivity index (χ4v) is 4.00. The molecule has 3 rings (SSSR count). The van der Waals surface area contributed by atoms with Crippen LogP contribution in [0.3, 0.4) is 0 Å². The SMILES string of the molecule is CC(C)c1ccc(CC(=O)NC2CCCCN(CC(=O)Nc3cccc(CN)c3)C2=O)cc1. The van der Waals surface area contributed by atoms with Crippen molar-refractivity contribution in [2.45, 2.75) is 58.0 Å². The second-order valence-corrected chi connectivity index (χ2v) is 8.90. The smallest absolute Gasteiger partial charge is 0.245 e. The fourth-order valence-electron chi connectivity index (χ4n) is 4.00. The third kappa shape index (κ3) is 7.15. The number of nitrogens with one attached hydrogen (secondary N) is 2. The second-order valence-electron chi connectivity index (χ2n) is 8.90. The zero-order chi connectivity index (χ0) is 23.8. The van der Waals surface area contributed by atoms with Gasteiger partial charge in [-0.2, -0.15) is 0 Å². The van der Waals surface area contributed by atoms with Crippen LogP contribution in [0.4, 0.5) is 5.69 Å². The lowest BCUT2D eigenvalue weighted by molar-refractivity contribution is -0.138. The Bertz CT molecular complexity index is 972. The number of carbonyl (C=O) groups is 3. The van der Waals surface area contributed by atoms with Crippen LogP contribution < -0.4 is 16.4 Å². The predicted octanol–water partition coefficient (Wildman–Crippen LogP) is 2.95. The quantitative estimate of drug-likeness (QED) is 0.575. The molecule has 1 aliphatic rings. The van der Waals surface area contributed by atoms with Gasteiger partial charge < -0.3 is 21.3 Å². The summed E-state index contributed by atoms with van der Waals surface area (Å²) in [6.45, 7) is 5.09. The molecule has 0 saturated carbocycles. The van der Waals surface area contributed by atoms with Crippen molar-refractivity contribution >= 4 is 23.4 Å². The normalized spacial score (nSPS) is 16.4. The van der Waals surface area contributed by atoms with E-state index in [1.165, 1.54) is 10.5 Å². The minimum atomic E-state index is -0.608. The van der Waals surface area contributed by atoms with E-state index in [0.717, 1.165) is 24.0 Å². The van der Waals surface area contributed by atoms with Crippen molar-refractivity contribution in [3.05, 3.63) is 65.2 Å². The van der Waals surface area contributed by atoms with E-state index in [-0.39, 0.29) is 30.7 Å². The number of anilines is 1. The van der Waals surface area contributed by atoms with E-state index < -0.39 is 6.04 Å². The number of amides is 3. The van der Waals surface area contributed by atoms with Crippen LogP contribution in [0.25, 0.3) is 0 Å². The van der Waals surface area contributed by atoms with Crippen LogP contribution in [0.15, 0.2) is 48.5 Å². The standard InChI is InChI=1S/C26H34N4O3/c1-18(2)21-11-9-19(10-12-21)15-24(31)29-23-8-3-4-13-30(26(23)33)17-25(32)28-22-7-5-6-20(14-22)16-27/h5-7,9-12,14,18,23H,3-4,8,13,15-17,27H2,1-2H3,(H,28,32)(H,29,31). The maximum absolute atomic E-state index is 13.1. The molecule has 2 aromatic rings. The largest absolute Gasteiger partial charge is 0.344 e. The van der Waals surface area contributed by atoms with Crippen molar-refractivity contribution in [3.8, 4) is 0 Å². The van der Waals surface area contributed by atoms with E-state index in [0.29, 0.717) is 31.1 Å². The Morgan fingerprint density at radius 1 is 1.06 bits per heavy atom. The van der Waals surface area contributed by atoms with Crippen LogP contribution in [0, 0.1) is 0 Å². The van der Waals surface area contributed by atoms with Gasteiger partial charge in [-0.05, 0) is 54.0 Å². The molecule has 1 atom stereocenters. The third-order valence-corrected chi connectivity index (χ3v) is 5.91. The summed E-state index contributed by atoms with van der Waals surface area (Å²) < 4.78 is 0. The van der Waals surface area contributed by atoms with E-state index >= 15 is 0 Å². The molecule has 1 aliphatic heterocycles. The summed E-state index contributed by atoms with van der Waals surface area (Å²) in [6, 6.07) is 14.7. The monoisotopic (exact) mass is 450 g/mol. The number of nitrogens with zero attached hydrogens (tertiary/aromatic N) is 1. The lowest BCUT2D eigenvalue weighted by Crippen LogP contribution is -2.49. The van der Waals surface area contributed by atoms with Crippen LogP contribution in [0.2, 0.25) is 0 Å². The number of carbonyl (C=O) groups excluding carboxylic acids is 3. The Kier molecular flexibility index (Phi) is 8.60. The summed E-state index contributed by atoms with van der Waals surface area (Å²) >= 11 is 0. The van der Waals surface area contributed by atoms with Crippen molar-refractivity contribution in [1.29, 1.82) is 0 Å². The Labute approximate surface area is 195 Å². The summed E-state index contributed by atoms with van der Waals surface area (Å²) in [5, 5.41) is 5.72. The molecule has 0 radical (unpaired) electrons. The molecule has 0 aromatic heterocycles. The Morgan fingerprint density at radius 3 is 2.52 bits per heavy atom. The van der Waals surface area contributed by atoms with Gasteiger partial charge in [0.05, 0.1) is 13.0 Å². The second kappa shape index (κ2) is 11.6. The molecule has 33 heavy (non-hydrogen) atoms. The number of hydrogen-bond acceptors (Lipinski definition) is 4. The van der Waals surface area contributed by atoms with Gasteiger partial charge in [0.25, 0.3) is 0 Å². The van der Waals surface area contributed by atoms with Crippen LogP contribution in [0.1, 0.15) is 55.7 Å². The minimum Gasteiger partial charge on any atom is -0.344 e. The first-order valence-corrected chi connectivity index (χ1v) is 11.6. The number of nitrogens with two attached hydrogens (primary N) is 1. The zero-order valence-electron chi connectivity index (χ0n) is 19.5. The maximum Gasteiger partial charge on any atom is 0.245 e. The Balaban J connectivity index is 1.56. The highest BCUT2D eigenvalue weighted by atomic mass is 16.2. The average molecular weight is 451 g/mol. The molecule has 1 unspecified atom stereocenters. The Hall–Kier alpha value is -3.19. The predicted molar refractivity (Wildman–Crippen MR) is 130 cm³/mol. The first-order chi connectivity index (χ1) is 15.9. The highest BCUT2D eigenvalue weighted by Crippen LogP contribution is 2.16. The van der Waals surface area contributed by atoms with Crippen molar-refractivity contribution in [3.63, 3.8) is 0 Å². The molecule has 1 saturated heterocycles. The summed E-state index contributed by atoms with van der Waals surface area (Å²) in [5.41, 5.74) is 9.36. The Morgan fingerprint density at radius 2 is 1.82 bits per heavy atom. The molecule has 3 amide bonds. The molecule has 0 spiro atoms. The minimum absolute atomic E-state index is 0.0469. The topological polar surface area (TPSA) is 105 Å². The van der Waals surface area contributed by atoms with Crippen LogP contribution in [0.5, 0.6) is 0 Å². The maximum atomic E-state index is 13.1. The highest BCUT2D eigenvalue weighted by Gasteiger charge is 2.29. The molecule has 0 aliphatic carbocycles. The molecule has 176 valence electrons. The molecule has 0 bridgehead atoms.